The van der Waals surface area contributed by atoms with Crippen LogP contribution in [0.15, 0.2) is 40.2 Å². The maximum atomic E-state index is 12.5. The molecule has 26 heavy (non-hydrogen) atoms. The molecule has 0 amide bonds. The number of benzene rings is 1. The number of rotatable bonds is 3. The highest BCUT2D eigenvalue weighted by molar-refractivity contribution is 7.97. The van der Waals surface area contributed by atoms with Gasteiger partial charge in [0.25, 0.3) is 5.56 Å². The summed E-state index contributed by atoms with van der Waals surface area (Å²) in [6.07, 6.45) is 6.43. The topological polar surface area (TPSA) is 66.0 Å². The van der Waals surface area contributed by atoms with Crippen LogP contribution < -0.4 is 10.9 Å². The zero-order valence-electron chi connectivity index (χ0n) is 14.7. The van der Waals surface area contributed by atoms with Crippen molar-refractivity contribution in [1.29, 1.82) is 0 Å². The monoisotopic (exact) mass is 367 g/mol. The largest absolute Gasteiger partial charge is 0.338 e. The molecule has 134 valence electrons. The Hall–Kier alpha value is -2.25. The fourth-order valence-electron chi connectivity index (χ4n) is 4.06. The third kappa shape index (κ3) is 2.62. The van der Waals surface area contributed by atoms with Gasteiger partial charge in [-0.15, -0.1) is 0 Å². The number of aromatic nitrogens is 3. The van der Waals surface area contributed by atoms with Gasteiger partial charge in [-0.2, -0.15) is 5.10 Å². The molecule has 3 heterocycles. The maximum absolute atomic E-state index is 12.5. The molecule has 1 aromatic carbocycles. The van der Waals surface area contributed by atoms with Crippen molar-refractivity contribution in [1.82, 2.24) is 19.1 Å². The van der Waals surface area contributed by atoms with Gasteiger partial charge in [0.1, 0.15) is 5.39 Å². The second kappa shape index (κ2) is 6.17. The second-order valence-corrected chi connectivity index (χ2v) is 8.37. The van der Waals surface area contributed by atoms with Gasteiger partial charge in [-0.3, -0.25) is 9.48 Å². The summed E-state index contributed by atoms with van der Waals surface area (Å²) >= 11 is 1.76. The fourth-order valence-corrected chi connectivity index (χ4v) is 4.97. The van der Waals surface area contributed by atoms with Crippen LogP contribution in [-0.2, 0) is 6.54 Å². The zero-order valence-corrected chi connectivity index (χ0v) is 15.5. The van der Waals surface area contributed by atoms with E-state index < -0.39 is 0 Å². The van der Waals surface area contributed by atoms with Crippen LogP contribution in [0.4, 0.5) is 11.5 Å². The van der Waals surface area contributed by atoms with E-state index in [2.05, 4.69) is 44.5 Å². The quantitative estimate of drug-likeness (QED) is 0.684. The highest BCUT2D eigenvalue weighted by atomic mass is 32.2. The molecule has 0 bridgehead atoms. The molecular weight excluding hydrogens is 346 g/mol. The van der Waals surface area contributed by atoms with Crippen molar-refractivity contribution in [2.75, 3.05) is 12.4 Å². The van der Waals surface area contributed by atoms with E-state index in [9.17, 15) is 4.79 Å². The van der Waals surface area contributed by atoms with Gasteiger partial charge in [-0.1, -0.05) is 12.8 Å². The van der Waals surface area contributed by atoms with Crippen molar-refractivity contribution < 1.29 is 0 Å². The first-order chi connectivity index (χ1) is 12.7. The number of pyridine rings is 1. The summed E-state index contributed by atoms with van der Waals surface area (Å²) in [6, 6.07) is 8.69. The second-order valence-electron chi connectivity index (χ2n) is 7.12. The Balaban J connectivity index is 1.57. The minimum Gasteiger partial charge on any atom is -0.338 e. The summed E-state index contributed by atoms with van der Waals surface area (Å²) in [5.74, 6) is 0.646. The average molecular weight is 367 g/mol. The van der Waals surface area contributed by atoms with Crippen LogP contribution in [0.3, 0.4) is 0 Å². The smallest absolute Gasteiger partial charge is 0.261 e. The Morgan fingerprint density at radius 1 is 1.27 bits per heavy atom. The molecule has 5 rings (SSSR count). The predicted molar refractivity (Wildman–Crippen MR) is 105 cm³/mol. The number of nitrogens with zero attached hydrogens (tertiary/aromatic N) is 3. The van der Waals surface area contributed by atoms with E-state index in [0.29, 0.717) is 17.2 Å². The summed E-state index contributed by atoms with van der Waals surface area (Å²) in [4.78, 5) is 16.6. The van der Waals surface area contributed by atoms with Gasteiger partial charge in [-0.25, -0.2) is 4.31 Å². The molecule has 1 aliphatic carbocycles. The molecule has 1 fully saturated rings. The third-order valence-corrected chi connectivity index (χ3v) is 6.31. The van der Waals surface area contributed by atoms with Crippen molar-refractivity contribution in [2.24, 2.45) is 0 Å². The molecule has 2 N–H and O–H groups in total. The number of fused-ring (bicyclic) bond motifs is 2. The molecule has 3 aromatic rings. The van der Waals surface area contributed by atoms with Crippen LogP contribution in [0.1, 0.15) is 37.3 Å². The van der Waals surface area contributed by atoms with Crippen LogP contribution >= 0.6 is 11.9 Å². The van der Waals surface area contributed by atoms with Crippen LogP contribution in [-0.4, -0.2) is 26.1 Å². The van der Waals surface area contributed by atoms with Gasteiger partial charge in [0, 0.05) is 23.3 Å². The Kier molecular flexibility index (Phi) is 3.79. The lowest BCUT2D eigenvalue weighted by molar-refractivity contribution is 0.483. The normalized spacial score (nSPS) is 17.9. The van der Waals surface area contributed by atoms with Crippen LogP contribution in [0, 0.1) is 0 Å². The van der Waals surface area contributed by atoms with Crippen molar-refractivity contribution in [2.45, 2.75) is 43.2 Å². The molecule has 0 spiro atoms. The minimum atomic E-state index is -0.0919. The Morgan fingerprint density at radius 2 is 2.12 bits per heavy atom. The molecule has 0 radical (unpaired) electrons. The first-order valence-electron chi connectivity index (χ1n) is 9.08. The molecule has 2 aromatic heterocycles. The molecule has 0 unspecified atom stereocenters. The van der Waals surface area contributed by atoms with Crippen LogP contribution in [0.5, 0.6) is 0 Å². The van der Waals surface area contributed by atoms with Gasteiger partial charge >= 0.3 is 0 Å². The van der Waals surface area contributed by atoms with E-state index in [0.717, 1.165) is 30.6 Å². The van der Waals surface area contributed by atoms with E-state index in [1.165, 1.54) is 23.3 Å². The fraction of sp³-hybridized carbons (Fsp3) is 0.368. The number of H-pyrrole nitrogens is 1. The van der Waals surface area contributed by atoms with E-state index in [-0.39, 0.29) is 5.56 Å². The molecule has 6 nitrogen and oxygen atoms in total. The molecule has 0 atom stereocenters. The lowest BCUT2D eigenvalue weighted by Crippen LogP contribution is -2.08. The maximum Gasteiger partial charge on any atom is 0.261 e. The first kappa shape index (κ1) is 16.0. The Labute approximate surface area is 155 Å². The van der Waals surface area contributed by atoms with Gasteiger partial charge in [0.15, 0.2) is 5.82 Å². The van der Waals surface area contributed by atoms with Crippen molar-refractivity contribution in [3.8, 4) is 0 Å². The number of hydrogen-bond donors (Lipinski definition) is 2. The van der Waals surface area contributed by atoms with Crippen LogP contribution in [0.25, 0.3) is 10.9 Å². The predicted octanol–water partition coefficient (Wildman–Crippen LogP) is 4.04. The summed E-state index contributed by atoms with van der Waals surface area (Å²) in [6.45, 7) is 0.924. The van der Waals surface area contributed by atoms with Gasteiger partial charge < -0.3 is 10.3 Å². The summed E-state index contributed by atoms with van der Waals surface area (Å²) < 4.78 is 4.26. The van der Waals surface area contributed by atoms with Gasteiger partial charge in [-0.05, 0) is 61.7 Å². The van der Waals surface area contributed by atoms with Crippen LogP contribution in [0.2, 0.25) is 0 Å². The lowest BCUT2D eigenvalue weighted by atomic mass is 10.2. The summed E-state index contributed by atoms with van der Waals surface area (Å²) in [5.41, 5.74) is 3.10. The van der Waals surface area contributed by atoms with E-state index >= 15 is 0 Å². The highest BCUT2D eigenvalue weighted by Gasteiger charge is 2.23. The minimum absolute atomic E-state index is 0.0919. The van der Waals surface area contributed by atoms with Crippen molar-refractivity contribution in [3.05, 3.63) is 46.4 Å². The standard InChI is InChI=1S/C19H21N5OS/c1-23-11-12-10-13(6-7-16(12)26-23)21-18-17-15(8-9-20-19(17)25)24(22-18)14-4-2-3-5-14/h6-10,14H,2-5,11H2,1H3,(H,20,25)(H,21,22). The molecule has 2 aliphatic rings. The molecule has 1 aliphatic heterocycles. The number of hydrogen-bond acceptors (Lipinski definition) is 5. The number of aromatic amines is 1. The van der Waals surface area contributed by atoms with E-state index in [1.807, 2.05) is 6.07 Å². The molecule has 0 saturated heterocycles. The van der Waals surface area contributed by atoms with Gasteiger partial charge in [0.2, 0.25) is 0 Å². The highest BCUT2D eigenvalue weighted by Crippen LogP contribution is 2.37. The number of anilines is 2. The summed E-state index contributed by atoms with van der Waals surface area (Å²) in [7, 11) is 2.09. The summed E-state index contributed by atoms with van der Waals surface area (Å²) in [5, 5.41) is 8.85. The van der Waals surface area contributed by atoms with E-state index in [4.69, 9.17) is 5.10 Å². The van der Waals surface area contributed by atoms with Crippen molar-refractivity contribution in [3.63, 3.8) is 0 Å². The van der Waals surface area contributed by atoms with E-state index in [1.54, 1.807) is 18.1 Å². The zero-order chi connectivity index (χ0) is 17.7. The molecule has 1 saturated carbocycles. The van der Waals surface area contributed by atoms with Crippen molar-refractivity contribution >= 4 is 34.4 Å². The van der Waals surface area contributed by atoms with Gasteiger partial charge in [0.05, 0.1) is 11.6 Å². The SMILES string of the molecule is CN1Cc2cc(Nc3nn(C4CCCC4)c4cc[nH]c(=O)c34)ccc2S1. The Morgan fingerprint density at radius 3 is 2.96 bits per heavy atom. The third-order valence-electron chi connectivity index (χ3n) is 5.27. The Bertz CT molecular complexity index is 1030. The molecular formula is C19H21N5OS. The molecule has 7 heteroatoms. The number of nitrogens with one attached hydrogen (secondary N) is 2. The lowest BCUT2D eigenvalue weighted by Gasteiger charge is -2.10. The average Bonchev–Trinajstić information content (AvgIpc) is 3.33. The first-order valence-corrected chi connectivity index (χ1v) is 9.85.